The van der Waals surface area contributed by atoms with E-state index in [4.69, 9.17) is 0 Å². The number of amides is 2. The van der Waals surface area contributed by atoms with Crippen LogP contribution in [0.4, 0.5) is 24.7 Å². The summed E-state index contributed by atoms with van der Waals surface area (Å²) in [5.74, 6) is -2.84. The Morgan fingerprint density at radius 3 is 2.28 bits per heavy atom. The van der Waals surface area contributed by atoms with Gasteiger partial charge in [-0.05, 0) is 60.7 Å². The van der Waals surface area contributed by atoms with Gasteiger partial charge in [0.15, 0.2) is 5.82 Å². The summed E-state index contributed by atoms with van der Waals surface area (Å²) < 4.78 is 42.4. The Bertz CT molecular complexity index is 1260. The Morgan fingerprint density at radius 1 is 0.972 bits per heavy atom. The van der Waals surface area contributed by atoms with Crippen LogP contribution in [0.3, 0.4) is 0 Å². The van der Waals surface area contributed by atoms with Crippen LogP contribution in [0.15, 0.2) is 54.7 Å². The average molecular weight is 496 g/mol. The van der Waals surface area contributed by atoms with Gasteiger partial charge in [0.05, 0.1) is 11.6 Å². The molecule has 2 aromatic carbocycles. The van der Waals surface area contributed by atoms with Gasteiger partial charge in [0.1, 0.15) is 17.5 Å². The second-order valence-electron chi connectivity index (χ2n) is 9.05. The summed E-state index contributed by atoms with van der Waals surface area (Å²) in [5.41, 5.74) is 0.839. The molecule has 186 valence electrons. The third-order valence-electron chi connectivity index (χ3n) is 6.71. The van der Waals surface area contributed by atoms with Crippen LogP contribution >= 0.6 is 0 Å². The summed E-state index contributed by atoms with van der Waals surface area (Å²) >= 11 is 0. The Morgan fingerprint density at radius 2 is 1.69 bits per heavy atom. The van der Waals surface area contributed by atoms with Crippen molar-refractivity contribution in [1.29, 1.82) is 0 Å². The van der Waals surface area contributed by atoms with Crippen LogP contribution in [0.2, 0.25) is 0 Å². The van der Waals surface area contributed by atoms with Crippen molar-refractivity contribution in [2.75, 3.05) is 31.1 Å². The Hall–Kier alpha value is -3.79. The standard InChI is InChI=1S/C26H24F3N5O2/c27-20-10-18(11-21(28)13-20)25(35)33-8-5-16(6-9-33)17-3-4-23(22(29)12-17)34(24-2-1-7-31-32-24)26(36)19-14-30-15-19/h1-4,7,10-13,16,19,30H,5-6,8-9,14-15H2. The van der Waals surface area contributed by atoms with E-state index in [0.29, 0.717) is 39.0 Å². The molecule has 2 aliphatic heterocycles. The molecule has 0 aliphatic carbocycles. The van der Waals surface area contributed by atoms with Gasteiger partial charge in [0.25, 0.3) is 5.91 Å². The Kier molecular flexibility index (Phi) is 6.69. The van der Waals surface area contributed by atoms with Crippen molar-refractivity contribution < 1.29 is 22.8 Å². The van der Waals surface area contributed by atoms with Crippen molar-refractivity contribution >= 4 is 23.3 Å². The van der Waals surface area contributed by atoms with E-state index in [0.717, 1.165) is 23.8 Å². The molecule has 2 fully saturated rings. The SMILES string of the molecule is O=C(c1cc(F)cc(F)c1)N1CCC(c2ccc(N(C(=O)C3CNC3)c3cccnn3)c(F)c2)CC1. The molecule has 0 bridgehead atoms. The fourth-order valence-electron chi connectivity index (χ4n) is 4.65. The van der Waals surface area contributed by atoms with Crippen LogP contribution in [-0.4, -0.2) is 53.1 Å². The largest absolute Gasteiger partial charge is 0.339 e. The second kappa shape index (κ2) is 10.1. The molecule has 3 aromatic rings. The van der Waals surface area contributed by atoms with Gasteiger partial charge in [0.2, 0.25) is 5.91 Å². The first kappa shape index (κ1) is 23.9. The van der Waals surface area contributed by atoms with Gasteiger partial charge in [-0.15, -0.1) is 5.10 Å². The van der Waals surface area contributed by atoms with E-state index in [2.05, 4.69) is 15.5 Å². The first-order chi connectivity index (χ1) is 17.4. The fourth-order valence-corrected chi connectivity index (χ4v) is 4.65. The van der Waals surface area contributed by atoms with Crippen molar-refractivity contribution in [2.45, 2.75) is 18.8 Å². The molecule has 1 N–H and O–H groups in total. The minimum Gasteiger partial charge on any atom is -0.339 e. The number of benzene rings is 2. The van der Waals surface area contributed by atoms with Gasteiger partial charge >= 0.3 is 0 Å². The zero-order chi connectivity index (χ0) is 25.2. The predicted molar refractivity (Wildman–Crippen MR) is 126 cm³/mol. The zero-order valence-electron chi connectivity index (χ0n) is 19.3. The van der Waals surface area contributed by atoms with Gasteiger partial charge in [-0.2, -0.15) is 5.10 Å². The number of aromatic nitrogens is 2. The number of nitrogens with zero attached hydrogens (tertiary/aromatic N) is 4. The second-order valence-corrected chi connectivity index (χ2v) is 9.05. The molecule has 2 aliphatic rings. The third-order valence-corrected chi connectivity index (χ3v) is 6.71. The number of likely N-dealkylation sites (tertiary alicyclic amines) is 1. The Balaban J connectivity index is 1.31. The van der Waals surface area contributed by atoms with Crippen molar-refractivity contribution in [3.8, 4) is 0 Å². The summed E-state index contributed by atoms with van der Waals surface area (Å²) in [6.07, 6.45) is 2.63. The van der Waals surface area contributed by atoms with Gasteiger partial charge in [-0.25, -0.2) is 13.2 Å². The van der Waals surface area contributed by atoms with E-state index in [1.807, 2.05) is 0 Å². The maximum Gasteiger partial charge on any atom is 0.254 e. The molecule has 36 heavy (non-hydrogen) atoms. The van der Waals surface area contributed by atoms with Crippen molar-refractivity contribution in [2.24, 2.45) is 5.92 Å². The van der Waals surface area contributed by atoms with Crippen molar-refractivity contribution in [3.05, 3.63) is 83.3 Å². The number of hydrogen-bond donors (Lipinski definition) is 1. The van der Waals surface area contributed by atoms with Crippen LogP contribution in [0, 0.1) is 23.4 Å². The number of anilines is 2. The molecular formula is C26H24F3N5O2. The topological polar surface area (TPSA) is 78.4 Å². The summed E-state index contributed by atoms with van der Waals surface area (Å²) in [6.45, 7) is 1.80. The van der Waals surface area contributed by atoms with Crippen molar-refractivity contribution in [3.63, 3.8) is 0 Å². The van der Waals surface area contributed by atoms with E-state index in [9.17, 15) is 18.4 Å². The van der Waals surface area contributed by atoms with Crippen LogP contribution in [-0.2, 0) is 4.79 Å². The average Bonchev–Trinajstić information content (AvgIpc) is 2.84. The zero-order valence-corrected chi connectivity index (χ0v) is 19.3. The van der Waals surface area contributed by atoms with E-state index in [1.54, 1.807) is 29.2 Å². The maximum atomic E-state index is 15.4. The molecule has 0 unspecified atom stereocenters. The number of nitrogens with one attached hydrogen (secondary N) is 1. The highest BCUT2D eigenvalue weighted by atomic mass is 19.1. The molecule has 7 nitrogen and oxygen atoms in total. The number of rotatable bonds is 5. The lowest BCUT2D eigenvalue weighted by molar-refractivity contribution is -0.123. The summed E-state index contributed by atoms with van der Waals surface area (Å²) in [7, 11) is 0. The third kappa shape index (κ3) is 4.81. The fraction of sp³-hybridized carbons (Fsp3) is 0.308. The highest BCUT2D eigenvalue weighted by molar-refractivity contribution is 6.01. The molecule has 3 heterocycles. The number of piperidine rings is 1. The van der Waals surface area contributed by atoms with E-state index >= 15 is 4.39 Å². The molecular weight excluding hydrogens is 471 g/mol. The van der Waals surface area contributed by atoms with Crippen LogP contribution < -0.4 is 10.2 Å². The van der Waals surface area contributed by atoms with Gasteiger partial charge in [-0.3, -0.25) is 14.5 Å². The van der Waals surface area contributed by atoms with Crippen molar-refractivity contribution in [1.82, 2.24) is 20.4 Å². The molecule has 2 saturated heterocycles. The van der Waals surface area contributed by atoms with E-state index in [1.165, 1.54) is 17.2 Å². The molecule has 0 radical (unpaired) electrons. The molecule has 0 atom stereocenters. The van der Waals surface area contributed by atoms with Crippen LogP contribution in [0.5, 0.6) is 0 Å². The summed E-state index contributed by atoms with van der Waals surface area (Å²) in [5, 5.41) is 10.9. The highest BCUT2D eigenvalue weighted by Gasteiger charge is 2.33. The number of halogens is 3. The lowest BCUT2D eigenvalue weighted by Crippen LogP contribution is -2.51. The Labute approximate surface area is 205 Å². The highest BCUT2D eigenvalue weighted by Crippen LogP contribution is 2.34. The number of carbonyl (C=O) groups excluding carboxylic acids is 2. The first-order valence-electron chi connectivity index (χ1n) is 11.8. The molecule has 0 saturated carbocycles. The molecule has 2 amide bonds. The van der Waals surface area contributed by atoms with E-state index < -0.39 is 23.4 Å². The minimum absolute atomic E-state index is 0.00153. The molecule has 1 aromatic heterocycles. The monoisotopic (exact) mass is 495 g/mol. The summed E-state index contributed by atoms with van der Waals surface area (Å²) in [4.78, 5) is 28.6. The normalized spacial score (nSPS) is 16.5. The molecule has 5 rings (SSSR count). The smallest absolute Gasteiger partial charge is 0.254 e. The molecule has 10 heteroatoms. The van der Waals surface area contributed by atoms with Crippen LogP contribution in [0.1, 0.15) is 34.7 Å². The van der Waals surface area contributed by atoms with Gasteiger partial charge < -0.3 is 10.2 Å². The minimum atomic E-state index is -0.800. The van der Waals surface area contributed by atoms with E-state index in [-0.39, 0.29) is 34.8 Å². The molecule has 0 spiro atoms. The quantitative estimate of drug-likeness (QED) is 0.583. The lowest BCUT2D eigenvalue weighted by atomic mass is 9.89. The lowest BCUT2D eigenvalue weighted by Gasteiger charge is -2.33. The predicted octanol–water partition coefficient (Wildman–Crippen LogP) is 3.80. The maximum absolute atomic E-state index is 15.4. The van der Waals surface area contributed by atoms with Crippen LogP contribution in [0.25, 0.3) is 0 Å². The van der Waals surface area contributed by atoms with Gasteiger partial charge in [-0.1, -0.05) is 6.07 Å². The number of carbonyl (C=O) groups is 2. The van der Waals surface area contributed by atoms with Gasteiger partial charge in [0, 0.05) is 44.0 Å². The first-order valence-corrected chi connectivity index (χ1v) is 11.8. The number of hydrogen-bond acceptors (Lipinski definition) is 5. The summed E-state index contributed by atoms with van der Waals surface area (Å²) in [6, 6.07) is 10.8.